The molecule has 4 rings (SSSR count). The molecule has 0 saturated carbocycles. The molecule has 1 saturated heterocycles. The molecule has 2 heterocycles. The largest absolute Gasteiger partial charge is 0.336 e. The van der Waals surface area contributed by atoms with E-state index in [0.717, 1.165) is 27.6 Å². The number of likely N-dealkylation sites (N-methyl/N-ethyl adjacent to an activating group) is 1. The second-order valence-electron chi connectivity index (χ2n) is 7.20. The van der Waals surface area contributed by atoms with Crippen molar-refractivity contribution >= 4 is 50.8 Å². The number of benzene rings is 2. The third kappa shape index (κ3) is 4.88. The topological polar surface area (TPSA) is 89.3 Å². The van der Waals surface area contributed by atoms with Gasteiger partial charge in [0.25, 0.3) is 11.8 Å². The Labute approximate surface area is 188 Å². The highest BCUT2D eigenvalue weighted by Gasteiger charge is 2.24. The minimum absolute atomic E-state index is 0.115. The van der Waals surface area contributed by atoms with Crippen LogP contribution in [-0.4, -0.2) is 65.6 Å². The van der Waals surface area contributed by atoms with E-state index in [1.807, 2.05) is 19.2 Å². The molecule has 3 aromatic rings. The average molecular weight is 452 g/mol. The number of hydrogen-bond acceptors (Lipinski definition) is 7. The van der Waals surface area contributed by atoms with E-state index < -0.39 is 0 Å². The second kappa shape index (κ2) is 9.47. The third-order valence-electron chi connectivity index (χ3n) is 5.08. The Hall–Kier alpha value is -2.93. The number of piperazine rings is 1. The number of rotatable bonds is 5. The van der Waals surface area contributed by atoms with Gasteiger partial charge in [0.15, 0.2) is 4.34 Å². The highest BCUT2D eigenvalue weighted by molar-refractivity contribution is 8.01. The standard InChI is InChI=1S/C22H21N5O2S2/c1-26-9-11-27(12-10-26)21(29)17-5-3-2-4-16(17)20(28)24-15-6-7-18-19(14-15)31-22(25-18)30-13-8-23/h2-7,14H,9-13H2,1H3,(H,24,28). The van der Waals surface area contributed by atoms with Gasteiger partial charge in [-0.15, -0.1) is 11.3 Å². The van der Waals surface area contributed by atoms with Crippen molar-refractivity contribution in [3.8, 4) is 6.07 Å². The van der Waals surface area contributed by atoms with Crippen molar-refractivity contribution < 1.29 is 9.59 Å². The highest BCUT2D eigenvalue weighted by atomic mass is 32.2. The fourth-order valence-electron chi connectivity index (χ4n) is 3.38. The monoisotopic (exact) mass is 451 g/mol. The maximum Gasteiger partial charge on any atom is 0.256 e. The molecular formula is C22H21N5O2S2. The Morgan fingerprint density at radius 3 is 2.65 bits per heavy atom. The average Bonchev–Trinajstić information content (AvgIpc) is 3.20. The van der Waals surface area contributed by atoms with Gasteiger partial charge in [-0.3, -0.25) is 9.59 Å². The van der Waals surface area contributed by atoms with Crippen LogP contribution >= 0.6 is 23.1 Å². The lowest BCUT2D eigenvalue weighted by Gasteiger charge is -2.32. The minimum Gasteiger partial charge on any atom is -0.336 e. The first-order valence-corrected chi connectivity index (χ1v) is 11.6. The maximum atomic E-state index is 13.0. The summed E-state index contributed by atoms with van der Waals surface area (Å²) in [4.78, 5) is 34.5. The summed E-state index contributed by atoms with van der Waals surface area (Å²) in [6.45, 7) is 2.95. The Kier molecular flexibility index (Phi) is 6.51. The summed E-state index contributed by atoms with van der Waals surface area (Å²) in [7, 11) is 2.04. The van der Waals surface area contributed by atoms with Crippen LogP contribution in [0.5, 0.6) is 0 Å². The molecule has 0 spiro atoms. The fraction of sp³-hybridized carbons (Fsp3) is 0.273. The molecule has 158 valence electrons. The van der Waals surface area contributed by atoms with Crippen LogP contribution in [0.2, 0.25) is 0 Å². The van der Waals surface area contributed by atoms with E-state index in [2.05, 4.69) is 21.3 Å². The lowest BCUT2D eigenvalue weighted by molar-refractivity contribution is 0.0660. The van der Waals surface area contributed by atoms with Gasteiger partial charge in [-0.1, -0.05) is 23.9 Å². The fourth-order valence-corrected chi connectivity index (χ4v) is 5.15. The summed E-state index contributed by atoms with van der Waals surface area (Å²) < 4.78 is 1.75. The first-order valence-electron chi connectivity index (χ1n) is 9.83. The summed E-state index contributed by atoms with van der Waals surface area (Å²) in [6.07, 6.45) is 0. The summed E-state index contributed by atoms with van der Waals surface area (Å²) in [5.74, 6) is -0.0846. The predicted molar refractivity (Wildman–Crippen MR) is 124 cm³/mol. The molecule has 0 aliphatic carbocycles. The van der Waals surface area contributed by atoms with Crippen molar-refractivity contribution in [1.82, 2.24) is 14.8 Å². The van der Waals surface area contributed by atoms with Crippen LogP contribution in [-0.2, 0) is 0 Å². The van der Waals surface area contributed by atoms with Crippen LogP contribution in [0.25, 0.3) is 10.2 Å². The number of carbonyl (C=O) groups excluding carboxylic acids is 2. The first-order chi connectivity index (χ1) is 15.0. The molecule has 1 aromatic heterocycles. The number of amides is 2. The SMILES string of the molecule is CN1CCN(C(=O)c2ccccc2C(=O)Nc2ccc3nc(SCC#N)sc3c2)CC1. The van der Waals surface area contributed by atoms with Crippen molar-refractivity contribution in [3.05, 3.63) is 53.6 Å². The second-order valence-corrected chi connectivity index (χ2v) is 9.46. The summed E-state index contributed by atoms with van der Waals surface area (Å²) in [5, 5.41) is 11.6. The summed E-state index contributed by atoms with van der Waals surface area (Å²) in [5.41, 5.74) is 2.24. The Morgan fingerprint density at radius 2 is 1.90 bits per heavy atom. The van der Waals surface area contributed by atoms with Gasteiger partial charge >= 0.3 is 0 Å². The van der Waals surface area contributed by atoms with E-state index in [9.17, 15) is 9.59 Å². The number of anilines is 1. The molecule has 2 amide bonds. The van der Waals surface area contributed by atoms with Crippen molar-refractivity contribution in [2.24, 2.45) is 0 Å². The van der Waals surface area contributed by atoms with Gasteiger partial charge in [0.05, 0.1) is 33.2 Å². The Balaban J connectivity index is 1.52. The molecule has 31 heavy (non-hydrogen) atoms. The van der Waals surface area contributed by atoms with Gasteiger partial charge in [0.1, 0.15) is 0 Å². The number of aromatic nitrogens is 1. The Bertz CT molecular complexity index is 1160. The molecule has 1 aliphatic heterocycles. The van der Waals surface area contributed by atoms with Gasteiger partial charge in [-0.25, -0.2) is 4.98 Å². The van der Waals surface area contributed by atoms with Gasteiger partial charge in [0, 0.05) is 31.9 Å². The van der Waals surface area contributed by atoms with E-state index >= 15 is 0 Å². The number of hydrogen-bond donors (Lipinski definition) is 1. The van der Waals surface area contributed by atoms with Crippen LogP contribution in [0.4, 0.5) is 5.69 Å². The van der Waals surface area contributed by atoms with Gasteiger partial charge in [0.2, 0.25) is 0 Å². The van der Waals surface area contributed by atoms with Gasteiger partial charge in [-0.05, 0) is 37.4 Å². The first kappa shape index (κ1) is 21.3. The zero-order valence-corrected chi connectivity index (χ0v) is 18.6. The molecule has 7 nitrogen and oxygen atoms in total. The van der Waals surface area contributed by atoms with Crippen molar-refractivity contribution in [3.63, 3.8) is 0 Å². The molecule has 1 fully saturated rings. The van der Waals surface area contributed by atoms with Crippen LogP contribution in [0, 0.1) is 11.3 Å². The molecule has 0 atom stereocenters. The lowest BCUT2D eigenvalue weighted by Crippen LogP contribution is -2.47. The smallest absolute Gasteiger partial charge is 0.256 e. The van der Waals surface area contributed by atoms with Crippen LogP contribution in [0.3, 0.4) is 0 Å². The van der Waals surface area contributed by atoms with Gasteiger partial charge < -0.3 is 15.1 Å². The zero-order chi connectivity index (χ0) is 21.8. The van der Waals surface area contributed by atoms with Crippen molar-refractivity contribution in [2.45, 2.75) is 4.34 Å². The van der Waals surface area contributed by atoms with E-state index in [-0.39, 0.29) is 11.8 Å². The molecule has 2 aromatic carbocycles. The molecule has 1 N–H and O–H groups in total. The number of thioether (sulfide) groups is 1. The number of thiazole rings is 1. The highest BCUT2D eigenvalue weighted by Crippen LogP contribution is 2.31. The number of nitriles is 1. The summed E-state index contributed by atoms with van der Waals surface area (Å²) in [6, 6.07) is 14.5. The van der Waals surface area contributed by atoms with E-state index in [1.165, 1.54) is 23.1 Å². The molecule has 0 bridgehead atoms. The predicted octanol–water partition coefficient (Wildman–Crippen LogP) is 3.55. The quantitative estimate of drug-likeness (QED) is 0.597. The third-order valence-corrected chi connectivity index (χ3v) is 7.11. The van der Waals surface area contributed by atoms with Crippen LogP contribution < -0.4 is 5.32 Å². The van der Waals surface area contributed by atoms with E-state index in [1.54, 1.807) is 35.2 Å². The van der Waals surface area contributed by atoms with Crippen molar-refractivity contribution in [1.29, 1.82) is 5.26 Å². The number of carbonyl (C=O) groups is 2. The number of fused-ring (bicyclic) bond motifs is 1. The van der Waals surface area contributed by atoms with Crippen LogP contribution in [0.15, 0.2) is 46.8 Å². The van der Waals surface area contributed by atoms with Crippen LogP contribution in [0.1, 0.15) is 20.7 Å². The Morgan fingerprint density at radius 1 is 1.16 bits per heavy atom. The molecule has 9 heteroatoms. The zero-order valence-electron chi connectivity index (χ0n) is 17.0. The number of nitrogens with zero attached hydrogens (tertiary/aromatic N) is 4. The minimum atomic E-state index is -0.318. The van der Waals surface area contributed by atoms with Gasteiger partial charge in [-0.2, -0.15) is 5.26 Å². The van der Waals surface area contributed by atoms with Crippen molar-refractivity contribution in [2.75, 3.05) is 44.3 Å². The molecule has 0 radical (unpaired) electrons. The van der Waals surface area contributed by atoms with E-state index in [4.69, 9.17) is 5.26 Å². The summed E-state index contributed by atoms with van der Waals surface area (Å²) >= 11 is 2.88. The molecule has 1 aliphatic rings. The lowest BCUT2D eigenvalue weighted by atomic mass is 10.0. The normalized spacial score (nSPS) is 14.4. The molecule has 0 unspecified atom stereocenters. The number of nitrogens with one attached hydrogen (secondary N) is 1. The maximum absolute atomic E-state index is 13.0. The van der Waals surface area contributed by atoms with E-state index in [0.29, 0.717) is 35.7 Å². The molecular weight excluding hydrogens is 430 g/mol.